The first-order chi connectivity index (χ1) is 36.4. The lowest BCUT2D eigenvalue weighted by molar-refractivity contribution is -0.139. The number of hydrogen-bond donors (Lipinski definition) is 14. The molecule has 2 aliphatic rings. The summed E-state index contributed by atoms with van der Waals surface area (Å²) in [7, 11) is -20.1. The number of rotatable bonds is 32. The van der Waals surface area contributed by atoms with Crippen molar-refractivity contribution in [2.45, 2.75) is 93.4 Å². The number of phosphoric ester groups is 2. The first-order valence-corrected chi connectivity index (χ1v) is 31.5. The van der Waals surface area contributed by atoms with Crippen molar-refractivity contribution in [2.75, 3.05) is 49.7 Å². The predicted octanol–water partition coefficient (Wildman–Crippen LogP) is -2.99. The lowest BCUT2D eigenvalue weighted by atomic mass is 10.2. The number of anilines is 1. The Bertz CT molecular complexity index is 2820. The quantitative estimate of drug-likeness (QED) is 0.00867. The third-order valence-electron chi connectivity index (χ3n) is 10.3. The summed E-state index contributed by atoms with van der Waals surface area (Å²) in [6, 6.07) is 0.934. The van der Waals surface area contributed by atoms with Crippen LogP contribution < -0.4 is 43.9 Å². The molecule has 4 rings (SSSR count). The second kappa shape index (κ2) is 30.4. The number of aliphatic hydroxyl groups is 2. The van der Waals surface area contributed by atoms with Gasteiger partial charge in [0.15, 0.2) is 5.37 Å². The number of Topliss-reactive ketones (excluding diaryl/α,β-unsaturated/α-hetero) is 1. The third-order valence-corrected chi connectivity index (χ3v) is 17.4. The summed E-state index contributed by atoms with van der Waals surface area (Å²) in [6.07, 6.45) is -5.84. The van der Waals surface area contributed by atoms with Crippen molar-refractivity contribution in [3.05, 3.63) is 55.8 Å². The summed E-state index contributed by atoms with van der Waals surface area (Å²) >= 11 is 3.91. The van der Waals surface area contributed by atoms with E-state index in [0.29, 0.717) is 19.3 Å². The summed E-state index contributed by atoms with van der Waals surface area (Å²) < 4.78 is 80.2. The molecule has 4 amide bonds. The number of hydrogen-bond acceptors (Lipinski definition) is 26. The average molecular weight is 1250 g/mol. The maximum atomic E-state index is 13.1. The Labute approximate surface area is 452 Å². The highest BCUT2D eigenvalue weighted by Crippen LogP contribution is 2.66. The molecule has 2 aromatic rings. The zero-order valence-corrected chi connectivity index (χ0v) is 46.2. The van der Waals surface area contributed by atoms with Crippen LogP contribution in [-0.2, 0) is 75.9 Å². The minimum absolute atomic E-state index is 0.00642. The van der Waals surface area contributed by atoms with Gasteiger partial charge in [0.05, 0.1) is 31.5 Å². The lowest BCUT2D eigenvalue weighted by Crippen LogP contribution is -2.50. The van der Waals surface area contributed by atoms with E-state index in [0.717, 1.165) is 59.8 Å². The van der Waals surface area contributed by atoms with Crippen molar-refractivity contribution in [1.29, 1.82) is 0 Å². The number of ether oxygens (including phenoxy) is 3. The maximum Gasteiger partial charge on any atom is 0.490 e. The maximum absolute atomic E-state index is 13.1. The van der Waals surface area contributed by atoms with Crippen LogP contribution in [0.25, 0.3) is 0 Å². The average Bonchev–Trinajstić information content (AvgIpc) is 3.89. The molecule has 9 unspecified atom stereocenters. The molecule has 0 radical (unpaired) electrons. The SMILES string of the molecule is N[C@@H](CS)C(=O)C(=O)NC(SSCCOC(=O)Nc1ccn(C2CC(O)C(COP(=O)(O)OP(=O)(O)OP(=O)(O)O)O2)c(=O)n1)C(=O)NCCCCCC(=O)NCCn1c(=O)ccn(C2CC(O)C(COP(=O)(O)O)O2)c1=O. The number of amides is 4. The molecule has 0 bridgehead atoms. The van der Waals surface area contributed by atoms with E-state index in [1.807, 2.05) is 0 Å². The van der Waals surface area contributed by atoms with Crippen LogP contribution in [-0.4, -0.2) is 168 Å². The van der Waals surface area contributed by atoms with Gasteiger partial charge >= 0.3 is 48.8 Å². The van der Waals surface area contributed by atoms with Crippen molar-refractivity contribution < 1.29 is 114 Å². The molecule has 4 heterocycles. The van der Waals surface area contributed by atoms with Crippen molar-refractivity contribution in [2.24, 2.45) is 5.73 Å². The Hall–Kier alpha value is -3.72. The van der Waals surface area contributed by atoms with Crippen LogP contribution in [0.4, 0.5) is 10.6 Å². The molecule has 0 aromatic carbocycles. The van der Waals surface area contributed by atoms with Crippen molar-refractivity contribution in [3.63, 3.8) is 0 Å². The van der Waals surface area contributed by atoms with Gasteiger partial charge in [0.1, 0.15) is 37.1 Å². The van der Waals surface area contributed by atoms with Gasteiger partial charge < -0.3 is 75.5 Å². The van der Waals surface area contributed by atoms with Crippen molar-refractivity contribution in [1.82, 2.24) is 34.6 Å². The number of carbonyl (C=O) groups excluding carboxylic acids is 5. The summed E-state index contributed by atoms with van der Waals surface area (Å²) in [6.45, 7) is -2.24. The van der Waals surface area contributed by atoms with Crippen LogP contribution in [0.1, 0.15) is 51.0 Å². The van der Waals surface area contributed by atoms with E-state index >= 15 is 0 Å². The molecule has 2 fully saturated rings. The normalized spacial score (nSPS) is 21.9. The van der Waals surface area contributed by atoms with E-state index in [-0.39, 0.29) is 62.8 Å². The first kappa shape index (κ1) is 66.8. The number of unbranched alkanes of at least 4 members (excludes halogenated alkanes) is 2. The molecule has 0 aliphatic carbocycles. The van der Waals surface area contributed by atoms with E-state index < -0.39 is 139 Å². The Balaban J connectivity index is 1.17. The number of ketones is 1. The van der Waals surface area contributed by atoms with Crippen molar-refractivity contribution >= 4 is 101 Å². The molecule has 2 aliphatic heterocycles. The topological polar surface area (TPSA) is 533 Å². The zero-order valence-electron chi connectivity index (χ0n) is 40.1. The zero-order chi connectivity index (χ0) is 58.2. The highest BCUT2D eigenvalue weighted by Gasteiger charge is 2.43. The number of nitrogens with zero attached hydrogens (tertiary/aromatic N) is 4. The molecule has 2 aromatic heterocycles. The van der Waals surface area contributed by atoms with Gasteiger partial charge in [-0.05, 0) is 18.9 Å². The Morgan fingerprint density at radius 2 is 1.45 bits per heavy atom. The van der Waals surface area contributed by atoms with Crippen molar-refractivity contribution in [3.8, 4) is 0 Å². The van der Waals surface area contributed by atoms with Gasteiger partial charge in [0.25, 0.3) is 17.4 Å². The largest absolute Gasteiger partial charge is 0.490 e. The lowest BCUT2D eigenvalue weighted by Gasteiger charge is -2.19. The summed E-state index contributed by atoms with van der Waals surface area (Å²) in [4.78, 5) is 159. The predicted molar refractivity (Wildman–Crippen MR) is 269 cm³/mol. The fourth-order valence-corrected chi connectivity index (χ4v) is 12.2. The number of nitrogens with two attached hydrogens (primary N) is 1. The van der Waals surface area contributed by atoms with Crippen LogP contribution >= 0.6 is 65.5 Å². The summed E-state index contributed by atoms with van der Waals surface area (Å²) in [5, 5.41) is 28.9. The molecule has 0 saturated carbocycles. The molecular formula is C35H55N9O27P4S3. The fraction of sp³-hybridized carbons (Fsp3) is 0.629. The third kappa shape index (κ3) is 22.7. The van der Waals surface area contributed by atoms with Gasteiger partial charge in [0, 0.05) is 68.9 Å². The fourth-order valence-electron chi connectivity index (χ4n) is 6.66. The van der Waals surface area contributed by atoms with Crippen LogP contribution in [0.15, 0.2) is 38.9 Å². The Morgan fingerprint density at radius 3 is 2.06 bits per heavy atom. The molecule has 2 saturated heterocycles. The van der Waals surface area contributed by atoms with Crippen LogP contribution in [0.3, 0.4) is 0 Å². The molecule has 36 nitrogen and oxygen atoms in total. The minimum atomic E-state index is -5.81. The number of thiol groups is 1. The smallest absolute Gasteiger partial charge is 0.448 e. The number of aliphatic hydroxyl groups excluding tert-OH is 2. The minimum Gasteiger partial charge on any atom is -0.448 e. The Kier molecular flexibility index (Phi) is 26.0. The molecular weight excluding hydrogens is 1200 g/mol. The van der Waals surface area contributed by atoms with E-state index in [1.54, 1.807) is 0 Å². The van der Waals surface area contributed by atoms with E-state index in [9.17, 15) is 76.6 Å². The van der Waals surface area contributed by atoms with Gasteiger partial charge in [-0.15, -0.1) is 0 Å². The van der Waals surface area contributed by atoms with Gasteiger partial charge in [-0.2, -0.15) is 26.2 Å². The van der Waals surface area contributed by atoms with Gasteiger partial charge in [-0.1, -0.05) is 28.0 Å². The van der Waals surface area contributed by atoms with Gasteiger partial charge in [-0.25, -0.2) is 32.6 Å². The summed E-state index contributed by atoms with van der Waals surface area (Å²) in [5.74, 6) is -3.82. The molecule has 78 heavy (non-hydrogen) atoms. The first-order valence-electron chi connectivity index (χ1n) is 22.4. The van der Waals surface area contributed by atoms with E-state index in [4.69, 9.17) is 39.5 Å². The van der Waals surface area contributed by atoms with Crippen LogP contribution in [0, 0.1) is 0 Å². The number of aromatic nitrogens is 4. The second-order valence-corrected chi connectivity index (χ2v) is 24.8. The van der Waals surface area contributed by atoms with Crippen LogP contribution in [0.2, 0.25) is 0 Å². The standard InChI is InChI=1S/C35H55N9O27P4S3/c36-19(18-76)29(49)30(50)41-32(31(51)38-7-3-1-2-4-25(47)37-8-11-42-26(48)6-10-44(35(42)54)28-15-21(46)22(69-28)16-66-72(55,56)57)78-77-13-12-65-34(53)40-24-5-9-43(33(52)39-24)27-14-20(45)23(68-27)17-67-74(61,62)71-75(63,64)70-73(58,59)60/h5-6,9-10,19-23,27-28,32,45-46,76H,1-4,7-8,11-18,36H2,(H,37,47)(H,38,51)(H,41,50)(H,61,62)(H,63,64)(H2,55,56,57)(H2,58,59,60)(H,39,40,52,53)/t19-,20?,21?,22?,23?,27?,28?,32?/m0/s1. The highest BCUT2D eigenvalue weighted by molar-refractivity contribution is 8.77. The molecule has 14 N–H and O–H groups in total. The molecule has 440 valence electrons. The molecule has 10 atom stereocenters. The van der Waals surface area contributed by atoms with Gasteiger partial charge in [-0.3, -0.25) is 52.0 Å². The molecule has 0 spiro atoms. The molecule has 43 heteroatoms. The number of phosphoric acid groups is 4. The van der Waals surface area contributed by atoms with E-state index in [2.05, 4.69) is 56.5 Å². The second-order valence-electron chi connectivity index (χ2n) is 16.2. The number of nitrogens with one attached hydrogen (secondary N) is 4. The Morgan fingerprint density at radius 1 is 0.821 bits per heavy atom. The monoisotopic (exact) mass is 1250 g/mol. The van der Waals surface area contributed by atoms with E-state index in [1.165, 1.54) is 0 Å². The van der Waals surface area contributed by atoms with Crippen LogP contribution in [0.5, 0.6) is 0 Å². The van der Waals surface area contributed by atoms with Gasteiger partial charge in [0.2, 0.25) is 11.7 Å². The number of carbonyl (C=O) groups is 5. The highest BCUT2D eigenvalue weighted by atomic mass is 33.1. The summed E-state index contributed by atoms with van der Waals surface area (Å²) in [5.41, 5.74) is 3.08.